The van der Waals surface area contributed by atoms with Gasteiger partial charge < -0.3 is 0 Å². The Balaban J connectivity index is 1.42. The molecule has 0 amide bonds. The first kappa shape index (κ1) is 29.7. The number of allylic oxidation sites excluding steroid dienone is 1. The lowest BCUT2D eigenvalue weighted by Crippen LogP contribution is -2.00. The van der Waals surface area contributed by atoms with Crippen molar-refractivity contribution in [3.8, 4) is 67.5 Å². The third kappa shape index (κ3) is 6.40. The van der Waals surface area contributed by atoms with E-state index in [1.807, 2.05) is 79.9 Å². The van der Waals surface area contributed by atoms with E-state index < -0.39 is 0 Å². The van der Waals surface area contributed by atoms with Gasteiger partial charge in [0.15, 0.2) is 17.5 Å². The van der Waals surface area contributed by atoms with Gasteiger partial charge in [-0.2, -0.15) is 0 Å². The number of aryl methyl sites for hydroxylation is 2. The Morgan fingerprint density at radius 1 is 0.447 bits per heavy atom. The van der Waals surface area contributed by atoms with Gasteiger partial charge in [-0.1, -0.05) is 115 Å². The van der Waals surface area contributed by atoms with Crippen molar-refractivity contribution in [1.29, 1.82) is 0 Å². The maximum atomic E-state index is 5.05. The molecule has 47 heavy (non-hydrogen) atoms. The lowest BCUT2D eigenvalue weighted by atomic mass is 9.93. The SMILES string of the molecule is C/C=C\c1cc(-c2cc(-c3ccc(-c4cccnc4C)cc3)cc(-c3nc(-c4ccccc4)nc(-c4ccccc4)n3)c2)ccc1C. The number of hydrogen-bond donors (Lipinski definition) is 0. The van der Waals surface area contributed by atoms with E-state index in [-0.39, 0.29) is 0 Å². The summed E-state index contributed by atoms with van der Waals surface area (Å²) in [4.78, 5) is 19.5. The molecule has 226 valence electrons. The highest BCUT2D eigenvalue weighted by Gasteiger charge is 2.15. The van der Waals surface area contributed by atoms with Crippen LogP contribution in [0.1, 0.15) is 23.7 Å². The van der Waals surface area contributed by atoms with E-state index in [1.54, 1.807) is 0 Å². The zero-order chi connectivity index (χ0) is 32.2. The van der Waals surface area contributed by atoms with Crippen molar-refractivity contribution < 1.29 is 0 Å². The molecule has 0 fully saturated rings. The minimum absolute atomic E-state index is 0.629. The molecule has 2 heterocycles. The van der Waals surface area contributed by atoms with Gasteiger partial charge in [-0.25, -0.2) is 15.0 Å². The minimum atomic E-state index is 0.629. The number of hydrogen-bond acceptors (Lipinski definition) is 4. The Morgan fingerprint density at radius 2 is 0.979 bits per heavy atom. The van der Waals surface area contributed by atoms with Crippen LogP contribution < -0.4 is 0 Å². The van der Waals surface area contributed by atoms with Crippen LogP contribution in [0, 0.1) is 13.8 Å². The third-order valence-electron chi connectivity index (χ3n) is 8.39. The van der Waals surface area contributed by atoms with E-state index >= 15 is 0 Å². The Kier molecular flexibility index (Phi) is 8.31. The van der Waals surface area contributed by atoms with Crippen molar-refractivity contribution in [2.24, 2.45) is 0 Å². The summed E-state index contributed by atoms with van der Waals surface area (Å²) in [7, 11) is 0. The highest BCUT2D eigenvalue weighted by molar-refractivity contribution is 5.82. The van der Waals surface area contributed by atoms with Gasteiger partial charge in [0.1, 0.15) is 0 Å². The fourth-order valence-electron chi connectivity index (χ4n) is 5.84. The molecular formula is C43H34N4. The molecule has 4 heteroatoms. The molecule has 0 N–H and O–H groups in total. The van der Waals surface area contributed by atoms with Crippen LogP contribution in [0.5, 0.6) is 0 Å². The number of aromatic nitrogens is 4. The second kappa shape index (κ2) is 13.2. The molecule has 0 radical (unpaired) electrons. The van der Waals surface area contributed by atoms with Crippen LogP contribution in [-0.4, -0.2) is 19.9 Å². The first-order valence-corrected chi connectivity index (χ1v) is 15.8. The van der Waals surface area contributed by atoms with E-state index in [2.05, 4.69) is 97.7 Å². The molecule has 0 atom stereocenters. The number of nitrogens with zero attached hydrogens (tertiary/aromatic N) is 4. The predicted molar refractivity (Wildman–Crippen MR) is 194 cm³/mol. The topological polar surface area (TPSA) is 51.6 Å². The van der Waals surface area contributed by atoms with Gasteiger partial charge in [-0.05, 0) is 90.0 Å². The average molecular weight is 607 g/mol. The predicted octanol–water partition coefficient (Wildman–Crippen LogP) is 10.9. The van der Waals surface area contributed by atoms with Gasteiger partial charge >= 0.3 is 0 Å². The van der Waals surface area contributed by atoms with E-state index in [0.717, 1.165) is 55.8 Å². The molecule has 0 bridgehead atoms. The first-order valence-electron chi connectivity index (χ1n) is 15.8. The molecule has 0 aliphatic heterocycles. The van der Waals surface area contributed by atoms with Crippen LogP contribution in [0.15, 0.2) is 146 Å². The molecule has 0 spiro atoms. The molecular weight excluding hydrogens is 573 g/mol. The molecule has 7 rings (SSSR count). The Bertz CT molecular complexity index is 2150. The fraction of sp³-hybridized carbons (Fsp3) is 0.0698. The van der Waals surface area contributed by atoms with Crippen LogP contribution in [-0.2, 0) is 0 Å². The average Bonchev–Trinajstić information content (AvgIpc) is 3.13. The van der Waals surface area contributed by atoms with Crippen LogP contribution in [0.25, 0.3) is 73.6 Å². The standard InChI is InChI=1S/C43H34N4/c1-4-12-35-25-36(19-18-29(35)2)38-26-37(31-20-22-32(23-21-31)40-17-11-24-44-30(40)3)27-39(28-38)43-46-41(33-13-7-5-8-14-33)45-42(47-43)34-15-9-6-10-16-34/h4-28H,1-3H3/b12-4-. The Labute approximate surface area is 276 Å². The summed E-state index contributed by atoms with van der Waals surface area (Å²) < 4.78 is 0. The summed E-state index contributed by atoms with van der Waals surface area (Å²) in [5.41, 5.74) is 13.0. The van der Waals surface area contributed by atoms with E-state index in [1.165, 1.54) is 11.1 Å². The van der Waals surface area contributed by atoms with E-state index in [4.69, 9.17) is 15.0 Å². The lowest BCUT2D eigenvalue weighted by Gasteiger charge is -2.14. The summed E-state index contributed by atoms with van der Waals surface area (Å²) in [6.45, 7) is 6.25. The highest BCUT2D eigenvalue weighted by atomic mass is 15.0. The Hall–Kier alpha value is -6.00. The summed E-state index contributed by atoms with van der Waals surface area (Å²) in [5, 5.41) is 0. The quantitative estimate of drug-likeness (QED) is 0.181. The van der Waals surface area contributed by atoms with Crippen LogP contribution in [0.3, 0.4) is 0 Å². The maximum absolute atomic E-state index is 5.05. The van der Waals surface area contributed by atoms with E-state index in [9.17, 15) is 0 Å². The molecule has 2 aromatic heterocycles. The van der Waals surface area contributed by atoms with Crippen molar-refractivity contribution in [2.45, 2.75) is 20.8 Å². The van der Waals surface area contributed by atoms with Gasteiger partial charge in [-0.3, -0.25) is 4.98 Å². The number of pyridine rings is 1. The van der Waals surface area contributed by atoms with Gasteiger partial charge in [0, 0.05) is 34.1 Å². The third-order valence-corrected chi connectivity index (χ3v) is 8.39. The first-order chi connectivity index (χ1) is 23.1. The van der Waals surface area contributed by atoms with Gasteiger partial charge in [0.2, 0.25) is 0 Å². The lowest BCUT2D eigenvalue weighted by molar-refractivity contribution is 1.07. The zero-order valence-electron chi connectivity index (χ0n) is 26.7. The maximum Gasteiger partial charge on any atom is 0.164 e. The summed E-state index contributed by atoms with van der Waals surface area (Å²) in [6.07, 6.45) is 6.08. The van der Waals surface area contributed by atoms with Crippen LogP contribution in [0.2, 0.25) is 0 Å². The number of rotatable bonds is 7. The molecule has 7 aromatic rings. The van der Waals surface area contributed by atoms with Gasteiger partial charge in [0.05, 0.1) is 0 Å². The molecule has 4 nitrogen and oxygen atoms in total. The second-order valence-electron chi connectivity index (χ2n) is 11.6. The van der Waals surface area contributed by atoms with Crippen LogP contribution in [0.4, 0.5) is 0 Å². The fourth-order valence-corrected chi connectivity index (χ4v) is 5.84. The molecule has 0 saturated heterocycles. The minimum Gasteiger partial charge on any atom is -0.261 e. The largest absolute Gasteiger partial charge is 0.261 e. The zero-order valence-corrected chi connectivity index (χ0v) is 26.7. The summed E-state index contributed by atoms with van der Waals surface area (Å²) in [6, 6.07) is 46.3. The molecule has 0 aliphatic rings. The normalized spacial score (nSPS) is 11.2. The number of benzene rings is 5. The van der Waals surface area contributed by atoms with Gasteiger partial charge in [0.25, 0.3) is 0 Å². The van der Waals surface area contributed by atoms with Crippen molar-refractivity contribution in [3.63, 3.8) is 0 Å². The monoisotopic (exact) mass is 606 g/mol. The molecule has 0 unspecified atom stereocenters. The second-order valence-corrected chi connectivity index (χ2v) is 11.6. The van der Waals surface area contributed by atoms with Crippen molar-refractivity contribution >= 4 is 6.08 Å². The molecule has 0 saturated carbocycles. The van der Waals surface area contributed by atoms with Crippen molar-refractivity contribution in [2.75, 3.05) is 0 Å². The summed E-state index contributed by atoms with van der Waals surface area (Å²) in [5.74, 6) is 1.91. The van der Waals surface area contributed by atoms with Crippen molar-refractivity contribution in [3.05, 3.63) is 163 Å². The van der Waals surface area contributed by atoms with E-state index in [0.29, 0.717) is 17.5 Å². The smallest absolute Gasteiger partial charge is 0.164 e. The highest BCUT2D eigenvalue weighted by Crippen LogP contribution is 2.35. The van der Waals surface area contributed by atoms with Crippen molar-refractivity contribution in [1.82, 2.24) is 19.9 Å². The molecule has 0 aliphatic carbocycles. The molecule has 5 aromatic carbocycles. The Morgan fingerprint density at radius 3 is 1.57 bits per heavy atom. The van der Waals surface area contributed by atoms with Gasteiger partial charge in [-0.15, -0.1) is 0 Å². The van der Waals surface area contributed by atoms with Crippen LogP contribution >= 0.6 is 0 Å². The summed E-state index contributed by atoms with van der Waals surface area (Å²) >= 11 is 0.